The lowest BCUT2D eigenvalue weighted by Gasteiger charge is -2.52. The number of benzene rings is 1. The quantitative estimate of drug-likeness (QED) is 0.926. The van der Waals surface area contributed by atoms with Crippen LogP contribution in [0.25, 0.3) is 11.1 Å². The zero-order valence-corrected chi connectivity index (χ0v) is 13.3. The minimum Gasteiger partial charge on any atom is -0.441 e. The number of piperidine rings is 3. The van der Waals surface area contributed by atoms with Crippen molar-refractivity contribution >= 4 is 17.0 Å². The molecule has 4 aliphatic rings. The second kappa shape index (κ2) is 4.57. The van der Waals surface area contributed by atoms with E-state index in [0.29, 0.717) is 23.4 Å². The molecule has 0 radical (unpaired) electrons. The molecular weight excluding hydrogens is 290 g/mol. The average Bonchev–Trinajstić information content (AvgIpc) is 3.24. The summed E-state index contributed by atoms with van der Waals surface area (Å²) in [4.78, 5) is 19.7. The van der Waals surface area contributed by atoms with Gasteiger partial charge in [0.05, 0.1) is 6.04 Å². The maximum absolute atomic E-state index is 12.8. The summed E-state index contributed by atoms with van der Waals surface area (Å²) in [5, 5.41) is 3.35. The second-order valence-corrected chi connectivity index (χ2v) is 7.29. The van der Waals surface area contributed by atoms with Gasteiger partial charge in [-0.05, 0) is 62.9 Å². The summed E-state index contributed by atoms with van der Waals surface area (Å²) < 4.78 is 5.49. The van der Waals surface area contributed by atoms with Gasteiger partial charge in [-0.1, -0.05) is 0 Å². The molecule has 1 aromatic carbocycles. The number of amides is 1. The van der Waals surface area contributed by atoms with E-state index < -0.39 is 0 Å². The fourth-order valence-corrected chi connectivity index (χ4v) is 4.73. The Labute approximate surface area is 135 Å². The Morgan fingerprint density at radius 3 is 2.87 bits per heavy atom. The highest BCUT2D eigenvalue weighted by molar-refractivity contribution is 5.97. The Morgan fingerprint density at radius 1 is 1.35 bits per heavy atom. The molecule has 2 aromatic rings. The first-order valence-electron chi connectivity index (χ1n) is 8.59. The van der Waals surface area contributed by atoms with Gasteiger partial charge in [0, 0.05) is 18.0 Å². The first kappa shape index (κ1) is 13.5. The van der Waals surface area contributed by atoms with E-state index in [1.165, 1.54) is 38.8 Å². The van der Waals surface area contributed by atoms with Crippen LogP contribution < -0.4 is 5.32 Å². The molecular formula is C18H21N3O2. The molecule has 23 heavy (non-hydrogen) atoms. The highest BCUT2D eigenvalue weighted by atomic mass is 16.3. The average molecular weight is 311 g/mol. The van der Waals surface area contributed by atoms with E-state index in [9.17, 15) is 4.79 Å². The highest BCUT2D eigenvalue weighted by Gasteiger charge is 2.60. The predicted molar refractivity (Wildman–Crippen MR) is 86.3 cm³/mol. The van der Waals surface area contributed by atoms with Crippen LogP contribution in [0.4, 0.5) is 0 Å². The largest absolute Gasteiger partial charge is 0.441 e. The summed E-state index contributed by atoms with van der Waals surface area (Å²) >= 11 is 0. The van der Waals surface area contributed by atoms with Gasteiger partial charge in [-0.3, -0.25) is 9.69 Å². The molecule has 5 nitrogen and oxygen atoms in total. The van der Waals surface area contributed by atoms with Crippen LogP contribution in [0.1, 0.15) is 41.9 Å². The van der Waals surface area contributed by atoms with Crippen molar-refractivity contribution in [3.8, 4) is 0 Å². The number of nitrogens with one attached hydrogen (secondary N) is 1. The Balaban J connectivity index is 1.42. The van der Waals surface area contributed by atoms with E-state index in [0.717, 1.165) is 11.1 Å². The van der Waals surface area contributed by atoms with Crippen LogP contribution >= 0.6 is 0 Å². The molecule has 6 rings (SSSR count). The highest BCUT2D eigenvalue weighted by Crippen LogP contribution is 2.53. The van der Waals surface area contributed by atoms with Crippen LogP contribution in [0.3, 0.4) is 0 Å². The normalized spacial score (nSPS) is 30.7. The Kier molecular flexibility index (Phi) is 2.69. The Bertz CT molecular complexity index is 785. The minimum atomic E-state index is 0.0255. The molecule has 120 valence electrons. The van der Waals surface area contributed by atoms with Crippen molar-refractivity contribution in [2.24, 2.45) is 5.92 Å². The van der Waals surface area contributed by atoms with Crippen LogP contribution in [-0.4, -0.2) is 40.5 Å². The van der Waals surface area contributed by atoms with E-state index in [4.69, 9.17) is 4.42 Å². The van der Waals surface area contributed by atoms with E-state index in [2.05, 4.69) is 15.2 Å². The van der Waals surface area contributed by atoms with Crippen molar-refractivity contribution in [3.63, 3.8) is 0 Å². The Hall–Kier alpha value is -1.88. The number of carbonyl (C=O) groups excluding carboxylic acids is 1. The third kappa shape index (κ3) is 1.96. The molecule has 5 heteroatoms. The Morgan fingerprint density at radius 2 is 2.13 bits per heavy atom. The molecule has 1 saturated carbocycles. The number of rotatable bonds is 2. The smallest absolute Gasteiger partial charge is 0.251 e. The summed E-state index contributed by atoms with van der Waals surface area (Å²) in [5.41, 5.74) is 2.44. The van der Waals surface area contributed by atoms with Crippen molar-refractivity contribution < 1.29 is 9.21 Å². The molecule has 1 aliphatic carbocycles. The lowest BCUT2D eigenvalue weighted by atomic mass is 9.77. The van der Waals surface area contributed by atoms with Gasteiger partial charge < -0.3 is 9.73 Å². The molecule has 1 amide bonds. The van der Waals surface area contributed by atoms with Crippen LogP contribution in [0.2, 0.25) is 0 Å². The van der Waals surface area contributed by atoms with Crippen molar-refractivity contribution in [2.75, 3.05) is 13.1 Å². The number of carbonyl (C=O) groups is 1. The van der Waals surface area contributed by atoms with E-state index in [1.54, 1.807) is 0 Å². The van der Waals surface area contributed by atoms with E-state index in [1.807, 2.05) is 25.1 Å². The van der Waals surface area contributed by atoms with Gasteiger partial charge in [0.15, 0.2) is 11.5 Å². The molecule has 0 unspecified atom stereocenters. The third-order valence-corrected chi connectivity index (χ3v) is 6.03. The SMILES string of the molecule is Cc1nc2cc(C(=O)N[C@@H]3C4CCN(CC4)C34CC4)ccc2o1. The topological polar surface area (TPSA) is 58.4 Å². The van der Waals surface area contributed by atoms with Gasteiger partial charge >= 0.3 is 0 Å². The minimum absolute atomic E-state index is 0.0255. The van der Waals surface area contributed by atoms with Gasteiger partial charge in [-0.25, -0.2) is 4.98 Å². The van der Waals surface area contributed by atoms with E-state index >= 15 is 0 Å². The number of aromatic nitrogens is 1. The summed E-state index contributed by atoms with van der Waals surface area (Å²) in [5.74, 6) is 1.30. The molecule has 3 aliphatic heterocycles. The first-order valence-corrected chi connectivity index (χ1v) is 8.59. The number of hydrogen-bond acceptors (Lipinski definition) is 4. The van der Waals surface area contributed by atoms with Crippen molar-refractivity contribution in [3.05, 3.63) is 29.7 Å². The third-order valence-electron chi connectivity index (χ3n) is 6.03. The first-order chi connectivity index (χ1) is 11.2. The van der Waals surface area contributed by atoms with Crippen LogP contribution in [0.15, 0.2) is 22.6 Å². The molecule has 2 bridgehead atoms. The second-order valence-electron chi connectivity index (χ2n) is 7.29. The lowest BCUT2D eigenvalue weighted by molar-refractivity contribution is -0.00144. The molecule has 1 N–H and O–H groups in total. The van der Waals surface area contributed by atoms with Crippen molar-refractivity contribution in [1.82, 2.24) is 15.2 Å². The zero-order valence-electron chi connectivity index (χ0n) is 13.3. The van der Waals surface area contributed by atoms with Crippen LogP contribution in [0.5, 0.6) is 0 Å². The lowest BCUT2D eigenvalue weighted by Crippen LogP contribution is -2.65. The van der Waals surface area contributed by atoms with Gasteiger partial charge in [0.25, 0.3) is 5.91 Å². The standard InChI is InChI=1S/C18H21N3O2/c1-11-19-14-10-13(2-3-15(14)23-11)17(22)20-16-12-4-8-21(9-5-12)18(16)6-7-18/h2-3,10,12,16H,4-9H2,1H3,(H,20,22)/t16-/m1/s1. The number of aryl methyl sites for hydroxylation is 1. The fraction of sp³-hybridized carbons (Fsp3) is 0.556. The molecule has 1 aromatic heterocycles. The van der Waals surface area contributed by atoms with Crippen molar-refractivity contribution in [1.29, 1.82) is 0 Å². The summed E-state index contributed by atoms with van der Waals surface area (Å²) in [6.45, 7) is 4.24. The van der Waals surface area contributed by atoms with Crippen LogP contribution in [0, 0.1) is 12.8 Å². The number of fused-ring (bicyclic) bond motifs is 3. The maximum atomic E-state index is 12.8. The van der Waals surface area contributed by atoms with Gasteiger partial charge in [0.2, 0.25) is 0 Å². The monoisotopic (exact) mass is 311 g/mol. The van der Waals surface area contributed by atoms with Crippen LogP contribution in [-0.2, 0) is 0 Å². The summed E-state index contributed by atoms with van der Waals surface area (Å²) in [7, 11) is 0. The zero-order chi connectivity index (χ0) is 15.6. The van der Waals surface area contributed by atoms with Gasteiger partial charge in [0.1, 0.15) is 5.52 Å². The van der Waals surface area contributed by atoms with E-state index in [-0.39, 0.29) is 11.4 Å². The van der Waals surface area contributed by atoms with Gasteiger partial charge in [-0.15, -0.1) is 0 Å². The molecule has 1 atom stereocenters. The summed E-state index contributed by atoms with van der Waals surface area (Å²) in [6.07, 6.45) is 4.90. The number of hydrogen-bond donors (Lipinski definition) is 1. The molecule has 1 spiro atoms. The maximum Gasteiger partial charge on any atom is 0.251 e. The molecule has 4 heterocycles. The van der Waals surface area contributed by atoms with Gasteiger partial charge in [-0.2, -0.15) is 0 Å². The molecule has 4 fully saturated rings. The predicted octanol–water partition coefficient (Wildman–Crippen LogP) is 2.49. The molecule has 3 saturated heterocycles. The number of oxazole rings is 1. The summed E-state index contributed by atoms with van der Waals surface area (Å²) in [6, 6.07) is 5.83. The number of nitrogens with zero attached hydrogens (tertiary/aromatic N) is 2. The van der Waals surface area contributed by atoms with Crippen molar-refractivity contribution in [2.45, 2.75) is 44.2 Å². The fourth-order valence-electron chi connectivity index (χ4n) is 4.73.